The van der Waals surface area contributed by atoms with Gasteiger partial charge in [0.15, 0.2) is 5.78 Å². The molecule has 3 unspecified atom stereocenters. The highest BCUT2D eigenvalue weighted by Gasteiger charge is 2.43. The number of carbonyl (C=O) groups is 7. The van der Waals surface area contributed by atoms with E-state index in [0.29, 0.717) is 32.2 Å². The van der Waals surface area contributed by atoms with Crippen molar-refractivity contribution in [3.63, 3.8) is 0 Å². The number of amides is 6. The highest BCUT2D eigenvalue weighted by Crippen LogP contribution is 2.26. The Labute approximate surface area is 331 Å². The molecular weight excluding hydrogens is 736 g/mol. The van der Waals surface area contributed by atoms with Crippen molar-refractivity contribution in [2.75, 3.05) is 26.2 Å². The summed E-state index contributed by atoms with van der Waals surface area (Å²) in [4.78, 5) is 89.2. The number of Topliss-reactive ketones (excluding diaryl/α,β-unsaturated/α-hetero) is 2. The van der Waals surface area contributed by atoms with Crippen LogP contribution >= 0.6 is 0 Å². The van der Waals surface area contributed by atoms with E-state index in [1.54, 1.807) is 0 Å². The van der Waals surface area contributed by atoms with Crippen molar-refractivity contribution < 1.29 is 48.5 Å². The molecule has 2 aliphatic heterocycles. The number of carbonyl (C=O) groups excluding carboxylic acids is 7. The summed E-state index contributed by atoms with van der Waals surface area (Å²) >= 11 is 0. The number of nitrogens with two attached hydrogens (primary N) is 2. The Morgan fingerprint density at radius 2 is 1.49 bits per heavy atom. The first-order chi connectivity index (χ1) is 27.3. The monoisotopic (exact) mass is 790 g/mol. The molecule has 0 spiro atoms. The van der Waals surface area contributed by atoms with Crippen LogP contribution in [-0.4, -0.2) is 113 Å². The quantitative estimate of drug-likeness (QED) is 0.0556. The number of unbranched alkanes of at least 4 members (excludes halogenated alkanes) is 1. The fourth-order valence-corrected chi connectivity index (χ4v) is 6.85. The van der Waals surface area contributed by atoms with Crippen molar-refractivity contribution >= 4 is 41.2 Å². The van der Waals surface area contributed by atoms with Crippen LogP contribution in [0, 0.1) is 5.92 Å². The standard InChI is InChI=1S/C41H54N6O10/c42-18-17-26-11-13-28(14-12-26)22-32(49)31(9-6-19-44-41(43)56)46-40(55)29(21-27-7-2-1-3-8-27)23-30(48)24-33-38(53)39(54)34(57-33)25-45-35(50)10-4-5-20-47-36(51)15-16-37(47)52/h1-3,7-8,11-16,29,31,33-34,38-39,53-54H,4-6,9-10,17-25,42H2,(H,45,50)(H,46,55)(H3,43,44,56)/t29-,31?,33-,34+,38?,39?/m0/s1. The van der Waals surface area contributed by atoms with Gasteiger partial charge in [0.25, 0.3) is 11.8 Å². The second kappa shape index (κ2) is 22.5. The molecule has 0 saturated carbocycles. The Kier molecular flexibility index (Phi) is 17.5. The van der Waals surface area contributed by atoms with Crippen LogP contribution in [0.3, 0.4) is 0 Å². The van der Waals surface area contributed by atoms with E-state index < -0.39 is 54.1 Å². The summed E-state index contributed by atoms with van der Waals surface area (Å²) < 4.78 is 5.81. The minimum Gasteiger partial charge on any atom is -0.388 e. The summed E-state index contributed by atoms with van der Waals surface area (Å²) in [6, 6.07) is 14.9. The van der Waals surface area contributed by atoms with Gasteiger partial charge in [-0.3, -0.25) is 33.7 Å². The largest absolute Gasteiger partial charge is 0.388 e. The first-order valence-corrected chi connectivity index (χ1v) is 19.4. The Morgan fingerprint density at radius 1 is 0.825 bits per heavy atom. The topological polar surface area (TPSA) is 261 Å². The van der Waals surface area contributed by atoms with Crippen molar-refractivity contribution in [3.05, 3.63) is 83.4 Å². The van der Waals surface area contributed by atoms with Crippen molar-refractivity contribution in [3.8, 4) is 0 Å². The van der Waals surface area contributed by atoms with Gasteiger partial charge < -0.3 is 42.4 Å². The third kappa shape index (κ3) is 14.3. The number of ether oxygens (including phenoxy) is 1. The average molecular weight is 791 g/mol. The smallest absolute Gasteiger partial charge is 0.312 e. The van der Waals surface area contributed by atoms with Crippen LogP contribution in [0.4, 0.5) is 4.79 Å². The van der Waals surface area contributed by atoms with E-state index >= 15 is 0 Å². The van der Waals surface area contributed by atoms with E-state index in [1.165, 1.54) is 12.2 Å². The van der Waals surface area contributed by atoms with Crippen LogP contribution in [0.25, 0.3) is 0 Å². The zero-order valence-electron chi connectivity index (χ0n) is 32.0. The van der Waals surface area contributed by atoms with Gasteiger partial charge in [0, 0.05) is 63.4 Å². The molecule has 1 saturated heterocycles. The molecule has 0 aromatic heterocycles. The highest BCUT2D eigenvalue weighted by atomic mass is 16.5. The minimum absolute atomic E-state index is 0.0429. The maximum Gasteiger partial charge on any atom is 0.312 e. The Morgan fingerprint density at radius 3 is 2.16 bits per heavy atom. The second-order valence-electron chi connectivity index (χ2n) is 14.4. The maximum absolute atomic E-state index is 13.9. The van der Waals surface area contributed by atoms with Gasteiger partial charge in [-0.25, -0.2) is 4.79 Å². The molecule has 4 rings (SSSR count). The first kappa shape index (κ1) is 44.4. The third-order valence-electron chi connectivity index (χ3n) is 10.0. The SMILES string of the molecule is NCCc1ccc(CC(=O)C(CCCNC(N)=O)NC(=O)[C@H](CC(=O)C[C@@H]2O[C@H](CNC(=O)CCCCN3C(=O)C=CC3=O)C(O)C2O)Cc2ccccc2)cc1. The number of primary amides is 1. The van der Waals surface area contributed by atoms with Crippen molar-refractivity contribution in [1.29, 1.82) is 0 Å². The molecule has 16 heteroatoms. The number of aliphatic hydroxyl groups is 2. The molecule has 308 valence electrons. The van der Waals surface area contributed by atoms with E-state index in [-0.39, 0.29) is 81.7 Å². The van der Waals surface area contributed by atoms with Gasteiger partial charge in [0.05, 0.1) is 12.1 Å². The first-order valence-electron chi connectivity index (χ1n) is 19.4. The van der Waals surface area contributed by atoms with Crippen molar-refractivity contribution in [2.45, 2.75) is 94.7 Å². The molecule has 2 heterocycles. The number of aliphatic hydroxyl groups excluding tert-OH is 2. The molecule has 2 aliphatic rings. The summed E-state index contributed by atoms with van der Waals surface area (Å²) in [6.07, 6.45) is -0.681. The molecule has 57 heavy (non-hydrogen) atoms. The molecule has 6 atom stereocenters. The van der Waals surface area contributed by atoms with Gasteiger partial charge >= 0.3 is 6.03 Å². The summed E-state index contributed by atoms with van der Waals surface area (Å²) in [5.74, 6) is -3.21. The number of hydrogen-bond donors (Lipinski definition) is 7. The number of benzene rings is 2. The van der Waals surface area contributed by atoms with Gasteiger partial charge in [-0.2, -0.15) is 0 Å². The molecule has 2 aromatic carbocycles. The van der Waals surface area contributed by atoms with E-state index in [1.807, 2.05) is 54.6 Å². The van der Waals surface area contributed by atoms with Gasteiger partial charge in [-0.1, -0.05) is 54.6 Å². The molecule has 9 N–H and O–H groups in total. The van der Waals surface area contributed by atoms with E-state index in [4.69, 9.17) is 16.2 Å². The Balaban J connectivity index is 1.34. The number of ketones is 2. The van der Waals surface area contributed by atoms with Gasteiger partial charge in [0.2, 0.25) is 11.8 Å². The van der Waals surface area contributed by atoms with Crippen molar-refractivity contribution in [1.82, 2.24) is 20.9 Å². The molecule has 0 bridgehead atoms. The van der Waals surface area contributed by atoms with Crippen LogP contribution in [0.15, 0.2) is 66.7 Å². The number of nitrogens with one attached hydrogen (secondary N) is 3. The van der Waals surface area contributed by atoms with Gasteiger partial charge in [-0.05, 0) is 61.8 Å². The number of urea groups is 1. The molecule has 16 nitrogen and oxygen atoms in total. The summed E-state index contributed by atoms with van der Waals surface area (Å²) in [5.41, 5.74) is 13.4. The molecule has 2 aromatic rings. The summed E-state index contributed by atoms with van der Waals surface area (Å²) in [5, 5.41) is 29.4. The summed E-state index contributed by atoms with van der Waals surface area (Å²) in [6.45, 7) is 0.749. The van der Waals surface area contributed by atoms with Crippen LogP contribution in [0.2, 0.25) is 0 Å². The van der Waals surface area contributed by atoms with E-state index in [2.05, 4.69) is 16.0 Å². The Hall–Kier alpha value is -5.29. The number of rotatable bonds is 24. The fourth-order valence-electron chi connectivity index (χ4n) is 6.85. The van der Waals surface area contributed by atoms with Crippen LogP contribution in [0.1, 0.15) is 61.6 Å². The van der Waals surface area contributed by atoms with Crippen LogP contribution in [-0.2, 0) is 52.8 Å². The normalized spacial score (nSPS) is 19.9. The molecule has 0 radical (unpaired) electrons. The molecule has 0 aliphatic carbocycles. The van der Waals surface area contributed by atoms with Gasteiger partial charge in [-0.15, -0.1) is 0 Å². The Bertz CT molecular complexity index is 1720. The van der Waals surface area contributed by atoms with Gasteiger partial charge in [0.1, 0.15) is 24.1 Å². The van der Waals surface area contributed by atoms with E-state index in [0.717, 1.165) is 21.6 Å². The van der Waals surface area contributed by atoms with Crippen molar-refractivity contribution in [2.24, 2.45) is 17.4 Å². The zero-order valence-corrected chi connectivity index (χ0v) is 32.0. The molecule has 6 amide bonds. The fraction of sp³-hybridized carbons (Fsp3) is 0.488. The highest BCUT2D eigenvalue weighted by molar-refractivity contribution is 6.12. The molecule has 1 fully saturated rings. The lowest BCUT2D eigenvalue weighted by Crippen LogP contribution is -2.45. The predicted molar refractivity (Wildman–Crippen MR) is 208 cm³/mol. The average Bonchev–Trinajstić information content (AvgIpc) is 3.65. The van der Waals surface area contributed by atoms with Crippen LogP contribution < -0.4 is 27.4 Å². The second-order valence-corrected chi connectivity index (χ2v) is 14.4. The molecular formula is C41H54N6O10. The maximum atomic E-state index is 13.9. The van der Waals surface area contributed by atoms with Crippen LogP contribution in [0.5, 0.6) is 0 Å². The van der Waals surface area contributed by atoms with E-state index in [9.17, 15) is 43.8 Å². The lowest BCUT2D eigenvalue weighted by Gasteiger charge is -2.23. The lowest BCUT2D eigenvalue weighted by molar-refractivity contribution is -0.137. The zero-order chi connectivity index (χ0) is 41.3. The lowest BCUT2D eigenvalue weighted by atomic mass is 9.90. The predicted octanol–water partition coefficient (Wildman–Crippen LogP) is 0.142. The number of nitrogens with zero attached hydrogens (tertiary/aromatic N) is 1. The number of imide groups is 1. The minimum atomic E-state index is -1.43. The third-order valence-corrected chi connectivity index (χ3v) is 10.0. The summed E-state index contributed by atoms with van der Waals surface area (Å²) in [7, 11) is 0. The number of hydrogen-bond acceptors (Lipinski definition) is 11.